The fourth-order valence-corrected chi connectivity index (χ4v) is 3.09. The summed E-state index contributed by atoms with van der Waals surface area (Å²) in [5.74, 6) is 0. The van der Waals surface area contributed by atoms with Crippen LogP contribution in [0.15, 0.2) is 48.8 Å². The van der Waals surface area contributed by atoms with Crippen LogP contribution >= 0.6 is 0 Å². The van der Waals surface area contributed by atoms with Gasteiger partial charge in [-0.25, -0.2) is 0 Å². The molecule has 0 saturated carbocycles. The lowest BCUT2D eigenvalue weighted by Gasteiger charge is -2.26. The third kappa shape index (κ3) is 1.95. The molecule has 1 aliphatic carbocycles. The summed E-state index contributed by atoms with van der Waals surface area (Å²) in [6.07, 6.45) is 7.40. The molecule has 0 amide bonds. The maximum atomic E-state index is 4.58. The zero-order valence-corrected chi connectivity index (χ0v) is 11.3. The first-order chi connectivity index (χ1) is 9.90. The molecule has 0 spiro atoms. The third-order valence-corrected chi connectivity index (χ3v) is 4.09. The minimum Gasteiger partial charge on any atom is -0.377 e. The summed E-state index contributed by atoms with van der Waals surface area (Å²) in [6.45, 7) is 0. The molecule has 2 heterocycles. The van der Waals surface area contributed by atoms with Crippen molar-refractivity contribution in [2.24, 2.45) is 0 Å². The molecule has 1 aromatic carbocycles. The van der Waals surface area contributed by atoms with Crippen LogP contribution in [0.2, 0.25) is 0 Å². The Bertz CT molecular complexity index is 745. The molecule has 0 bridgehead atoms. The Morgan fingerprint density at radius 1 is 1.20 bits per heavy atom. The number of hydrogen-bond donors (Lipinski definition) is 2. The van der Waals surface area contributed by atoms with Crippen molar-refractivity contribution in [3.63, 3.8) is 0 Å². The van der Waals surface area contributed by atoms with Crippen LogP contribution in [0, 0.1) is 0 Å². The zero-order chi connectivity index (χ0) is 13.4. The number of aryl methyl sites for hydroxylation is 1. The fraction of sp³-hybridized carbons (Fsp3) is 0.235. The van der Waals surface area contributed by atoms with Crippen LogP contribution in [0.3, 0.4) is 0 Å². The number of H-pyrrole nitrogens is 1. The molecule has 0 fully saturated rings. The van der Waals surface area contributed by atoms with Crippen molar-refractivity contribution in [2.45, 2.75) is 25.3 Å². The average molecular weight is 263 g/mol. The molecule has 1 atom stereocenters. The Balaban J connectivity index is 1.66. The molecule has 0 aliphatic heterocycles. The Morgan fingerprint density at radius 2 is 2.20 bits per heavy atom. The number of aromatic nitrogens is 2. The van der Waals surface area contributed by atoms with E-state index in [2.05, 4.69) is 45.6 Å². The van der Waals surface area contributed by atoms with Crippen molar-refractivity contribution in [3.05, 3.63) is 60.0 Å². The van der Waals surface area contributed by atoms with E-state index in [1.54, 1.807) is 0 Å². The minimum atomic E-state index is 0.330. The summed E-state index contributed by atoms with van der Waals surface area (Å²) in [5, 5.41) is 4.89. The molecule has 4 rings (SSSR count). The van der Waals surface area contributed by atoms with Gasteiger partial charge in [-0.2, -0.15) is 0 Å². The Labute approximate surface area is 118 Å². The monoisotopic (exact) mass is 263 g/mol. The molecule has 0 radical (unpaired) electrons. The second-order valence-electron chi connectivity index (χ2n) is 5.42. The van der Waals surface area contributed by atoms with Gasteiger partial charge in [-0.15, -0.1) is 0 Å². The lowest BCUT2D eigenvalue weighted by Crippen LogP contribution is -2.18. The lowest BCUT2D eigenvalue weighted by atomic mass is 9.92. The summed E-state index contributed by atoms with van der Waals surface area (Å²) < 4.78 is 0. The number of rotatable bonds is 2. The summed E-state index contributed by atoms with van der Waals surface area (Å²) in [5.41, 5.74) is 4.95. The Morgan fingerprint density at radius 3 is 3.20 bits per heavy atom. The number of nitrogens with zero attached hydrogens (tertiary/aromatic N) is 1. The van der Waals surface area contributed by atoms with Crippen molar-refractivity contribution < 1.29 is 0 Å². The van der Waals surface area contributed by atoms with Crippen LogP contribution in [-0.2, 0) is 6.42 Å². The van der Waals surface area contributed by atoms with Crippen LogP contribution in [0.25, 0.3) is 10.9 Å². The molecular formula is C17H17N3. The van der Waals surface area contributed by atoms with Crippen LogP contribution < -0.4 is 5.32 Å². The van der Waals surface area contributed by atoms with E-state index in [-0.39, 0.29) is 0 Å². The first-order valence-electron chi connectivity index (χ1n) is 7.18. The second kappa shape index (κ2) is 4.67. The van der Waals surface area contributed by atoms with E-state index in [9.17, 15) is 0 Å². The smallest absolute Gasteiger partial charge is 0.0688 e. The van der Waals surface area contributed by atoms with E-state index >= 15 is 0 Å². The number of nitrogens with one attached hydrogen (secondary N) is 2. The van der Waals surface area contributed by atoms with E-state index in [4.69, 9.17) is 0 Å². The van der Waals surface area contributed by atoms with E-state index in [1.165, 1.54) is 34.3 Å². The van der Waals surface area contributed by atoms with Gasteiger partial charge in [0.25, 0.3) is 0 Å². The summed E-state index contributed by atoms with van der Waals surface area (Å²) in [7, 11) is 0. The fourth-order valence-electron chi connectivity index (χ4n) is 3.09. The molecule has 0 saturated heterocycles. The van der Waals surface area contributed by atoms with Gasteiger partial charge in [0.1, 0.15) is 0 Å². The van der Waals surface area contributed by atoms with Crippen molar-refractivity contribution in [3.8, 4) is 0 Å². The Kier molecular flexibility index (Phi) is 2.69. The van der Waals surface area contributed by atoms with E-state index in [0.717, 1.165) is 12.8 Å². The Hall–Kier alpha value is -2.29. The van der Waals surface area contributed by atoms with E-state index < -0.39 is 0 Å². The molecule has 3 heteroatoms. The van der Waals surface area contributed by atoms with Crippen molar-refractivity contribution in [2.75, 3.05) is 5.32 Å². The number of fused-ring (bicyclic) bond motifs is 2. The minimum absolute atomic E-state index is 0.330. The number of anilines is 1. The van der Waals surface area contributed by atoms with E-state index in [0.29, 0.717) is 6.04 Å². The molecule has 2 aromatic heterocycles. The third-order valence-electron chi connectivity index (χ3n) is 4.09. The van der Waals surface area contributed by atoms with Gasteiger partial charge in [0.15, 0.2) is 0 Å². The van der Waals surface area contributed by atoms with Crippen molar-refractivity contribution >= 4 is 16.6 Å². The molecule has 2 N–H and O–H groups in total. The maximum Gasteiger partial charge on any atom is 0.0688 e. The van der Waals surface area contributed by atoms with Gasteiger partial charge in [-0.3, -0.25) is 4.98 Å². The van der Waals surface area contributed by atoms with Gasteiger partial charge >= 0.3 is 0 Å². The van der Waals surface area contributed by atoms with Gasteiger partial charge < -0.3 is 10.3 Å². The summed E-state index contributed by atoms with van der Waals surface area (Å²) in [4.78, 5) is 7.81. The molecular weight excluding hydrogens is 246 g/mol. The predicted octanol–water partition coefficient (Wildman–Crippen LogP) is 4.05. The van der Waals surface area contributed by atoms with Gasteiger partial charge in [0.05, 0.1) is 11.7 Å². The average Bonchev–Trinajstić information content (AvgIpc) is 2.95. The highest BCUT2D eigenvalue weighted by atomic mass is 14.9. The molecule has 3 nitrogen and oxygen atoms in total. The first-order valence-corrected chi connectivity index (χ1v) is 7.18. The summed E-state index contributed by atoms with van der Waals surface area (Å²) >= 11 is 0. The second-order valence-corrected chi connectivity index (χ2v) is 5.42. The zero-order valence-electron chi connectivity index (χ0n) is 11.3. The van der Waals surface area contributed by atoms with Crippen molar-refractivity contribution in [1.82, 2.24) is 9.97 Å². The van der Waals surface area contributed by atoms with Gasteiger partial charge in [0, 0.05) is 29.0 Å². The van der Waals surface area contributed by atoms with Crippen LogP contribution in [-0.4, -0.2) is 9.97 Å². The molecule has 3 aromatic rings. The highest BCUT2D eigenvalue weighted by molar-refractivity contribution is 5.83. The lowest BCUT2D eigenvalue weighted by molar-refractivity contribution is 0.583. The highest BCUT2D eigenvalue weighted by Gasteiger charge is 2.20. The number of pyridine rings is 1. The number of aromatic amines is 1. The van der Waals surface area contributed by atoms with Gasteiger partial charge in [-0.05, 0) is 55.2 Å². The maximum absolute atomic E-state index is 4.58. The standard InChI is InChI=1S/C17H17N3/c1-3-12-4-2-9-19-17(12)16(5-1)20-14-6-7-15-13(11-14)8-10-18-15/h2,4,6-11,16,18,20H,1,3,5H2. The van der Waals surface area contributed by atoms with E-state index in [1.807, 2.05) is 18.5 Å². The molecule has 100 valence electrons. The molecule has 1 unspecified atom stereocenters. The topological polar surface area (TPSA) is 40.7 Å². The molecule has 1 aliphatic rings. The number of benzene rings is 1. The van der Waals surface area contributed by atoms with Crippen LogP contribution in [0.4, 0.5) is 5.69 Å². The predicted molar refractivity (Wildman–Crippen MR) is 81.8 cm³/mol. The molecule has 20 heavy (non-hydrogen) atoms. The first kappa shape index (κ1) is 11.5. The normalized spacial score (nSPS) is 17.9. The highest BCUT2D eigenvalue weighted by Crippen LogP contribution is 2.31. The number of hydrogen-bond acceptors (Lipinski definition) is 2. The SMILES string of the molecule is c1cnc2c(c1)CCCC2Nc1ccc2[nH]ccc2c1. The van der Waals surface area contributed by atoms with Gasteiger partial charge in [-0.1, -0.05) is 6.07 Å². The largest absolute Gasteiger partial charge is 0.377 e. The quantitative estimate of drug-likeness (QED) is 0.732. The van der Waals surface area contributed by atoms with Crippen LogP contribution in [0.5, 0.6) is 0 Å². The van der Waals surface area contributed by atoms with Crippen molar-refractivity contribution in [1.29, 1.82) is 0 Å². The van der Waals surface area contributed by atoms with Crippen LogP contribution in [0.1, 0.15) is 30.1 Å². The summed E-state index contributed by atoms with van der Waals surface area (Å²) in [6, 6.07) is 13.1. The van der Waals surface area contributed by atoms with Gasteiger partial charge in [0.2, 0.25) is 0 Å².